The minimum absolute atomic E-state index is 0.159. The topological polar surface area (TPSA) is 62.8 Å². The molecule has 0 radical (unpaired) electrons. The molecular formula is C16H27ClN2O3. The first-order chi connectivity index (χ1) is 10.7. The highest BCUT2D eigenvalue weighted by molar-refractivity contribution is 6.32. The molecule has 0 unspecified atom stereocenters. The summed E-state index contributed by atoms with van der Waals surface area (Å²) in [7, 11) is 0. The minimum Gasteiger partial charge on any atom is -0.490 e. The van der Waals surface area contributed by atoms with Gasteiger partial charge >= 0.3 is 0 Å². The molecule has 1 rings (SSSR count). The van der Waals surface area contributed by atoms with Gasteiger partial charge in [0.05, 0.1) is 24.8 Å². The van der Waals surface area contributed by atoms with Gasteiger partial charge in [-0.1, -0.05) is 18.5 Å². The summed E-state index contributed by atoms with van der Waals surface area (Å²) in [5, 5.41) is 15.7. The van der Waals surface area contributed by atoms with Gasteiger partial charge in [-0.15, -0.1) is 0 Å². The Morgan fingerprint density at radius 3 is 2.55 bits per heavy atom. The quantitative estimate of drug-likeness (QED) is 0.513. The number of aliphatic hydroxyl groups is 1. The Morgan fingerprint density at radius 2 is 1.86 bits per heavy atom. The van der Waals surface area contributed by atoms with E-state index in [2.05, 4.69) is 17.6 Å². The van der Waals surface area contributed by atoms with Crippen LogP contribution in [0.2, 0.25) is 5.02 Å². The predicted octanol–water partition coefficient (Wildman–Crippen LogP) is 2.20. The molecule has 0 aliphatic rings. The monoisotopic (exact) mass is 330 g/mol. The van der Waals surface area contributed by atoms with Gasteiger partial charge in [0.15, 0.2) is 11.5 Å². The van der Waals surface area contributed by atoms with E-state index in [0.717, 1.165) is 25.1 Å². The zero-order valence-electron chi connectivity index (χ0n) is 13.5. The van der Waals surface area contributed by atoms with Crippen LogP contribution in [-0.4, -0.2) is 44.6 Å². The smallest absolute Gasteiger partial charge is 0.179 e. The third kappa shape index (κ3) is 6.83. The Labute approximate surface area is 138 Å². The van der Waals surface area contributed by atoms with E-state index in [9.17, 15) is 0 Å². The molecule has 0 heterocycles. The molecule has 0 amide bonds. The van der Waals surface area contributed by atoms with Crippen LogP contribution in [0.3, 0.4) is 0 Å². The lowest BCUT2D eigenvalue weighted by atomic mass is 10.2. The Kier molecular flexibility index (Phi) is 9.99. The molecule has 0 bridgehead atoms. The Balaban J connectivity index is 2.60. The van der Waals surface area contributed by atoms with Crippen molar-refractivity contribution in [3.05, 3.63) is 22.7 Å². The summed E-state index contributed by atoms with van der Waals surface area (Å²) in [6, 6.07) is 3.87. The van der Waals surface area contributed by atoms with Crippen molar-refractivity contribution >= 4 is 11.6 Å². The molecule has 22 heavy (non-hydrogen) atoms. The standard InChI is InChI=1S/C16H27ClN2O3/c1-3-9-22-16-14(17)10-13(11-15(16)21-4-2)12-19-6-5-18-7-8-20/h10-11,18-20H,3-9,12H2,1-2H3. The number of hydrogen-bond donors (Lipinski definition) is 3. The van der Waals surface area contributed by atoms with E-state index in [4.69, 9.17) is 26.2 Å². The van der Waals surface area contributed by atoms with Crippen LogP contribution in [0, 0.1) is 0 Å². The first-order valence-electron chi connectivity index (χ1n) is 7.83. The zero-order valence-corrected chi connectivity index (χ0v) is 14.2. The van der Waals surface area contributed by atoms with Crippen molar-refractivity contribution in [3.8, 4) is 11.5 Å². The van der Waals surface area contributed by atoms with E-state index in [1.54, 1.807) is 0 Å². The molecule has 0 saturated heterocycles. The van der Waals surface area contributed by atoms with E-state index >= 15 is 0 Å². The van der Waals surface area contributed by atoms with Gasteiger partial charge in [0.25, 0.3) is 0 Å². The van der Waals surface area contributed by atoms with Crippen LogP contribution in [0.25, 0.3) is 0 Å². The average molecular weight is 331 g/mol. The Bertz CT molecular complexity index is 430. The van der Waals surface area contributed by atoms with E-state index in [1.165, 1.54) is 0 Å². The van der Waals surface area contributed by atoms with E-state index < -0.39 is 0 Å². The summed E-state index contributed by atoms with van der Waals surface area (Å²) in [6.45, 7) is 8.29. The second-order valence-electron chi connectivity index (χ2n) is 4.84. The molecule has 3 N–H and O–H groups in total. The fourth-order valence-corrected chi connectivity index (χ4v) is 2.23. The summed E-state index contributed by atoms with van der Waals surface area (Å²) in [5.41, 5.74) is 1.06. The third-order valence-corrected chi connectivity index (χ3v) is 3.20. The molecule has 0 spiro atoms. The summed E-state index contributed by atoms with van der Waals surface area (Å²) in [4.78, 5) is 0. The average Bonchev–Trinajstić information content (AvgIpc) is 2.50. The van der Waals surface area contributed by atoms with Crippen molar-refractivity contribution in [2.75, 3.05) is 39.5 Å². The van der Waals surface area contributed by atoms with Gasteiger partial charge in [0.2, 0.25) is 0 Å². The minimum atomic E-state index is 0.159. The van der Waals surface area contributed by atoms with Crippen LogP contribution in [0.4, 0.5) is 0 Å². The van der Waals surface area contributed by atoms with E-state index in [1.807, 2.05) is 19.1 Å². The van der Waals surface area contributed by atoms with Crippen LogP contribution < -0.4 is 20.1 Å². The zero-order chi connectivity index (χ0) is 16.2. The van der Waals surface area contributed by atoms with Gasteiger partial charge in [-0.05, 0) is 31.0 Å². The van der Waals surface area contributed by atoms with Crippen molar-refractivity contribution < 1.29 is 14.6 Å². The van der Waals surface area contributed by atoms with Gasteiger partial charge in [-0.3, -0.25) is 0 Å². The maximum absolute atomic E-state index is 8.68. The van der Waals surface area contributed by atoms with Crippen molar-refractivity contribution in [3.63, 3.8) is 0 Å². The van der Waals surface area contributed by atoms with Gasteiger partial charge in [-0.2, -0.15) is 0 Å². The first kappa shape index (κ1) is 19.0. The number of rotatable bonds is 12. The van der Waals surface area contributed by atoms with Crippen LogP contribution in [0.15, 0.2) is 12.1 Å². The van der Waals surface area contributed by atoms with Crippen LogP contribution in [0.1, 0.15) is 25.8 Å². The Morgan fingerprint density at radius 1 is 1.09 bits per heavy atom. The number of benzene rings is 1. The maximum Gasteiger partial charge on any atom is 0.179 e. The SMILES string of the molecule is CCCOc1c(Cl)cc(CNCCNCCO)cc1OCC. The van der Waals surface area contributed by atoms with Crippen LogP contribution in [-0.2, 0) is 6.54 Å². The van der Waals surface area contributed by atoms with Crippen LogP contribution in [0.5, 0.6) is 11.5 Å². The molecule has 0 atom stereocenters. The van der Waals surface area contributed by atoms with Gasteiger partial charge < -0.3 is 25.2 Å². The van der Waals surface area contributed by atoms with E-state index in [-0.39, 0.29) is 6.61 Å². The van der Waals surface area contributed by atoms with Crippen molar-refractivity contribution in [1.29, 1.82) is 0 Å². The van der Waals surface area contributed by atoms with E-state index in [0.29, 0.717) is 42.8 Å². The summed E-state index contributed by atoms with van der Waals surface area (Å²) >= 11 is 6.31. The highest BCUT2D eigenvalue weighted by atomic mass is 35.5. The normalized spacial score (nSPS) is 10.7. The predicted molar refractivity (Wildman–Crippen MR) is 90.1 cm³/mol. The Hall–Kier alpha value is -1.01. The lowest BCUT2D eigenvalue weighted by Crippen LogP contribution is -2.28. The van der Waals surface area contributed by atoms with Crippen LogP contribution >= 0.6 is 11.6 Å². The summed E-state index contributed by atoms with van der Waals surface area (Å²) in [6.07, 6.45) is 0.923. The summed E-state index contributed by atoms with van der Waals surface area (Å²) in [5.74, 6) is 1.32. The molecule has 0 saturated carbocycles. The van der Waals surface area contributed by atoms with Gasteiger partial charge in [-0.25, -0.2) is 0 Å². The van der Waals surface area contributed by atoms with Gasteiger partial charge in [0.1, 0.15) is 0 Å². The maximum atomic E-state index is 8.68. The molecule has 1 aromatic carbocycles. The van der Waals surface area contributed by atoms with Crippen molar-refractivity contribution in [2.24, 2.45) is 0 Å². The fourth-order valence-electron chi connectivity index (χ4n) is 1.94. The fraction of sp³-hybridized carbons (Fsp3) is 0.625. The molecule has 126 valence electrons. The molecule has 5 nitrogen and oxygen atoms in total. The highest BCUT2D eigenvalue weighted by Gasteiger charge is 2.12. The molecule has 0 aliphatic carbocycles. The number of ether oxygens (including phenoxy) is 2. The largest absolute Gasteiger partial charge is 0.490 e. The first-order valence-corrected chi connectivity index (χ1v) is 8.21. The number of nitrogens with one attached hydrogen (secondary N) is 2. The van der Waals surface area contributed by atoms with Crippen molar-refractivity contribution in [1.82, 2.24) is 10.6 Å². The molecule has 0 aromatic heterocycles. The number of halogens is 1. The molecule has 0 aliphatic heterocycles. The lowest BCUT2D eigenvalue weighted by Gasteiger charge is -2.15. The second kappa shape index (κ2) is 11.5. The van der Waals surface area contributed by atoms with Gasteiger partial charge in [0, 0.05) is 26.2 Å². The third-order valence-electron chi connectivity index (χ3n) is 2.92. The number of hydrogen-bond acceptors (Lipinski definition) is 5. The second-order valence-corrected chi connectivity index (χ2v) is 5.24. The highest BCUT2D eigenvalue weighted by Crippen LogP contribution is 2.36. The molecule has 0 fully saturated rings. The molecule has 6 heteroatoms. The van der Waals surface area contributed by atoms with Crippen molar-refractivity contribution in [2.45, 2.75) is 26.8 Å². The molecule has 1 aromatic rings. The molecular weight excluding hydrogens is 304 g/mol. The summed E-state index contributed by atoms with van der Waals surface area (Å²) < 4.78 is 11.3. The lowest BCUT2D eigenvalue weighted by molar-refractivity contribution is 0.277. The number of aliphatic hydroxyl groups excluding tert-OH is 1.